The highest BCUT2D eigenvalue weighted by Gasteiger charge is 2.13. The molecule has 7 heteroatoms. The predicted molar refractivity (Wildman–Crippen MR) is 132 cm³/mol. The van der Waals surface area contributed by atoms with E-state index in [0.717, 1.165) is 35.6 Å². The molecule has 0 radical (unpaired) electrons. The summed E-state index contributed by atoms with van der Waals surface area (Å²) in [7, 11) is 1.65. The minimum Gasteiger partial charge on any atom is -0.497 e. The summed E-state index contributed by atoms with van der Waals surface area (Å²) in [6.07, 6.45) is 2.66. The zero-order chi connectivity index (χ0) is 23.5. The molecule has 0 bridgehead atoms. The fraction of sp³-hybridized carbons (Fsp3) is 0.231. The lowest BCUT2D eigenvalue weighted by Crippen LogP contribution is -2.14. The van der Waals surface area contributed by atoms with Crippen molar-refractivity contribution >= 4 is 29.3 Å². The lowest BCUT2D eigenvalue weighted by atomic mass is 10.1. The maximum Gasteiger partial charge on any atom is 0.379 e. The number of hydrogen-bond donors (Lipinski definition) is 0. The van der Waals surface area contributed by atoms with Crippen molar-refractivity contribution in [3.05, 3.63) is 95.3 Å². The molecule has 0 amide bonds. The number of aryl methyl sites for hydroxylation is 1. The summed E-state index contributed by atoms with van der Waals surface area (Å²) in [5.74, 6) is 1.01. The van der Waals surface area contributed by atoms with Crippen LogP contribution in [0.2, 0.25) is 5.02 Å². The lowest BCUT2D eigenvalue weighted by Gasteiger charge is -2.09. The Morgan fingerprint density at radius 1 is 1.06 bits per heavy atom. The topological polar surface area (TPSA) is 57.7 Å². The maximum absolute atomic E-state index is 12.3. The summed E-state index contributed by atoms with van der Waals surface area (Å²) in [5, 5.41) is 0.690. The monoisotopic (exact) mass is 483 g/mol. The van der Waals surface area contributed by atoms with Crippen molar-refractivity contribution in [3.63, 3.8) is 0 Å². The van der Waals surface area contributed by atoms with E-state index in [1.54, 1.807) is 31.0 Å². The van der Waals surface area contributed by atoms with Crippen molar-refractivity contribution in [2.45, 2.75) is 29.9 Å². The summed E-state index contributed by atoms with van der Waals surface area (Å²) in [6, 6.07) is 20.9. The van der Waals surface area contributed by atoms with Crippen LogP contribution in [-0.4, -0.2) is 24.7 Å². The normalized spacial score (nSPS) is 10.5. The zero-order valence-corrected chi connectivity index (χ0v) is 20.0. The van der Waals surface area contributed by atoms with Crippen LogP contribution in [0.3, 0.4) is 0 Å². The van der Waals surface area contributed by atoms with Crippen LogP contribution in [-0.2, 0) is 21.7 Å². The number of halogens is 1. The number of pyridine rings is 1. The second-order valence-electron chi connectivity index (χ2n) is 7.18. The van der Waals surface area contributed by atoms with Crippen LogP contribution in [0.1, 0.15) is 24.1 Å². The Bertz CT molecular complexity index is 1070. The molecular weight excluding hydrogens is 458 g/mol. The first-order valence-corrected chi connectivity index (χ1v) is 11.9. The zero-order valence-electron chi connectivity index (χ0n) is 18.5. The molecule has 0 aliphatic rings. The molecule has 0 saturated heterocycles. The van der Waals surface area contributed by atoms with Gasteiger partial charge in [-0.05, 0) is 67.8 Å². The van der Waals surface area contributed by atoms with Gasteiger partial charge in [0.05, 0.1) is 19.4 Å². The van der Waals surface area contributed by atoms with Gasteiger partial charge in [-0.25, -0.2) is 9.78 Å². The summed E-state index contributed by atoms with van der Waals surface area (Å²) in [4.78, 5) is 17.7. The van der Waals surface area contributed by atoms with Crippen molar-refractivity contribution in [1.82, 2.24) is 4.98 Å². The highest BCUT2D eigenvalue weighted by Crippen LogP contribution is 2.25. The van der Waals surface area contributed by atoms with Crippen LogP contribution in [0.15, 0.2) is 84.0 Å². The number of nitrogens with zero attached hydrogens (tertiary/aromatic N) is 1. The average molecular weight is 484 g/mol. The number of hydrogen-bond acceptors (Lipinski definition) is 6. The number of benzene rings is 2. The average Bonchev–Trinajstić information content (AvgIpc) is 2.83. The maximum atomic E-state index is 12.3. The largest absolute Gasteiger partial charge is 0.497 e. The third-order valence-corrected chi connectivity index (χ3v) is 5.95. The van der Waals surface area contributed by atoms with Gasteiger partial charge in [-0.1, -0.05) is 35.9 Å². The van der Waals surface area contributed by atoms with E-state index in [2.05, 4.69) is 11.6 Å². The number of aromatic nitrogens is 1. The number of thioether (sulfide) groups is 1. The Hall–Kier alpha value is -2.96. The number of unbranched alkanes of at least 4 members (excludes halogenated alkanes) is 1. The molecule has 0 aliphatic heterocycles. The molecule has 1 aromatic heterocycles. The van der Waals surface area contributed by atoms with Crippen LogP contribution in [0, 0.1) is 0 Å². The van der Waals surface area contributed by atoms with Gasteiger partial charge in [0.1, 0.15) is 5.75 Å². The van der Waals surface area contributed by atoms with Crippen molar-refractivity contribution in [1.29, 1.82) is 0 Å². The molecule has 0 spiro atoms. The van der Waals surface area contributed by atoms with Gasteiger partial charge in [-0.15, -0.1) is 11.8 Å². The molecule has 0 saturated carbocycles. The molecule has 0 aliphatic carbocycles. The van der Waals surface area contributed by atoms with Gasteiger partial charge < -0.3 is 14.2 Å². The first-order chi connectivity index (χ1) is 16.0. The number of carbonyl (C=O) groups excluding carboxylic acids is 1. The Labute approximate surface area is 203 Å². The van der Waals surface area contributed by atoms with Gasteiger partial charge in [0.2, 0.25) is 5.88 Å². The van der Waals surface area contributed by atoms with Crippen LogP contribution in [0.4, 0.5) is 0 Å². The van der Waals surface area contributed by atoms with Gasteiger partial charge >= 0.3 is 5.97 Å². The molecule has 0 fully saturated rings. The second kappa shape index (κ2) is 12.9. The predicted octanol–water partition coefficient (Wildman–Crippen LogP) is 6.49. The third kappa shape index (κ3) is 8.48. The van der Waals surface area contributed by atoms with E-state index in [-0.39, 0.29) is 11.6 Å². The van der Waals surface area contributed by atoms with Crippen molar-refractivity contribution in [2.75, 3.05) is 13.7 Å². The number of ether oxygens (including phenoxy) is 3. The van der Waals surface area contributed by atoms with E-state index in [1.807, 2.05) is 54.6 Å². The second-order valence-corrected chi connectivity index (χ2v) is 8.66. The number of carbonyl (C=O) groups is 1. The summed E-state index contributed by atoms with van der Waals surface area (Å²) < 4.78 is 15.9. The molecule has 172 valence electrons. The number of rotatable bonds is 12. The van der Waals surface area contributed by atoms with E-state index in [4.69, 9.17) is 25.8 Å². The van der Waals surface area contributed by atoms with Crippen molar-refractivity contribution in [2.24, 2.45) is 0 Å². The molecule has 3 aromatic rings. The number of methoxy groups -OCH3 is 1. The van der Waals surface area contributed by atoms with E-state index in [0.29, 0.717) is 17.4 Å². The molecule has 1 heterocycles. The minimum absolute atomic E-state index is 0.0278. The van der Waals surface area contributed by atoms with Gasteiger partial charge in [-0.2, -0.15) is 0 Å². The fourth-order valence-corrected chi connectivity index (χ4v) is 4.05. The van der Waals surface area contributed by atoms with Gasteiger partial charge in [-0.3, -0.25) is 0 Å². The van der Waals surface area contributed by atoms with Crippen LogP contribution in [0.5, 0.6) is 11.6 Å². The lowest BCUT2D eigenvalue weighted by molar-refractivity contribution is -0.134. The van der Waals surface area contributed by atoms with Gasteiger partial charge in [0.25, 0.3) is 0 Å². The van der Waals surface area contributed by atoms with Crippen molar-refractivity contribution < 1.29 is 19.0 Å². The molecule has 0 unspecified atom stereocenters. The van der Waals surface area contributed by atoms with Crippen LogP contribution >= 0.6 is 23.4 Å². The quantitative estimate of drug-likeness (QED) is 0.0963. The third-order valence-electron chi connectivity index (χ3n) is 4.68. The Balaban J connectivity index is 1.38. The molecule has 33 heavy (non-hydrogen) atoms. The first kappa shape index (κ1) is 24.7. The van der Waals surface area contributed by atoms with E-state index >= 15 is 0 Å². The molecule has 5 nitrogen and oxygen atoms in total. The summed E-state index contributed by atoms with van der Waals surface area (Å²) in [5.41, 5.74) is 2.02. The van der Waals surface area contributed by atoms with Gasteiger partial charge in [0.15, 0.2) is 5.76 Å². The SMILES string of the molecule is C=C(OCCCCc1ccc(OC)cc1)C(=O)Oc1cccc(CSc2cccc(Cl)c2)n1. The van der Waals surface area contributed by atoms with Crippen LogP contribution in [0.25, 0.3) is 0 Å². The smallest absolute Gasteiger partial charge is 0.379 e. The highest BCUT2D eigenvalue weighted by atomic mass is 35.5. The van der Waals surface area contributed by atoms with Gasteiger partial charge in [0, 0.05) is 21.7 Å². The van der Waals surface area contributed by atoms with E-state index < -0.39 is 5.97 Å². The number of esters is 1. The van der Waals surface area contributed by atoms with E-state index in [9.17, 15) is 4.79 Å². The minimum atomic E-state index is -0.641. The first-order valence-electron chi connectivity index (χ1n) is 10.5. The molecule has 0 atom stereocenters. The van der Waals surface area contributed by atoms with Crippen LogP contribution < -0.4 is 9.47 Å². The highest BCUT2D eigenvalue weighted by molar-refractivity contribution is 7.98. The fourth-order valence-electron chi connectivity index (χ4n) is 2.94. The molecular formula is C26H26ClNO4S. The molecule has 3 rings (SSSR count). The molecule has 0 N–H and O–H groups in total. The van der Waals surface area contributed by atoms with E-state index in [1.165, 1.54) is 5.56 Å². The Kier molecular flexibility index (Phi) is 9.66. The molecule has 2 aromatic carbocycles. The van der Waals surface area contributed by atoms with Crippen molar-refractivity contribution in [3.8, 4) is 11.6 Å². The Morgan fingerprint density at radius 2 is 1.85 bits per heavy atom. The summed E-state index contributed by atoms with van der Waals surface area (Å²) in [6.45, 7) is 4.07. The Morgan fingerprint density at radius 3 is 2.61 bits per heavy atom. The standard InChI is InChI=1S/C26H26ClNO4S/c1-19(31-16-4-3-7-20-12-14-23(30-2)15-13-20)26(29)32-25-11-6-9-22(28-25)18-33-24-10-5-8-21(27)17-24/h5-6,8-15,17H,1,3-4,7,16,18H2,2H3. The summed E-state index contributed by atoms with van der Waals surface area (Å²) >= 11 is 7.62.